The Hall–Kier alpha value is -4.32. The van der Waals surface area contributed by atoms with Crippen molar-refractivity contribution in [2.75, 3.05) is 24.5 Å². The first kappa shape index (κ1) is 23.8. The molecule has 2 amide bonds. The number of para-hydroxylation sites is 2. The van der Waals surface area contributed by atoms with E-state index in [1.807, 2.05) is 36.1 Å². The average molecular weight is 517 g/mol. The zero-order valence-electron chi connectivity index (χ0n) is 22.1. The van der Waals surface area contributed by atoms with Gasteiger partial charge in [-0.25, -0.2) is 0 Å². The molecule has 2 fully saturated rings. The van der Waals surface area contributed by atoms with Crippen molar-refractivity contribution in [3.63, 3.8) is 0 Å². The van der Waals surface area contributed by atoms with Gasteiger partial charge in [0.2, 0.25) is 11.8 Å². The quantitative estimate of drug-likeness (QED) is 0.311. The van der Waals surface area contributed by atoms with Crippen LogP contribution in [0, 0.1) is 12.8 Å². The van der Waals surface area contributed by atoms with Crippen LogP contribution >= 0.6 is 0 Å². The first-order valence-corrected chi connectivity index (χ1v) is 13.8. The smallest absolute Gasteiger partial charge is 0.228 e. The predicted octanol–water partition coefficient (Wildman–Crippen LogP) is 5.92. The van der Waals surface area contributed by atoms with E-state index in [-0.39, 0.29) is 29.6 Å². The number of nitrogens with one attached hydrogen (secondary N) is 2. The third kappa shape index (κ3) is 3.85. The maximum Gasteiger partial charge on any atom is 0.228 e. The number of anilines is 1. The van der Waals surface area contributed by atoms with Crippen LogP contribution in [0.4, 0.5) is 5.69 Å². The molecule has 1 unspecified atom stereocenters. The van der Waals surface area contributed by atoms with Crippen molar-refractivity contribution in [1.82, 2.24) is 14.9 Å². The zero-order chi connectivity index (χ0) is 26.6. The Morgan fingerprint density at radius 2 is 1.38 bits per heavy atom. The summed E-state index contributed by atoms with van der Waals surface area (Å²) in [5, 5.41) is 2.47. The lowest BCUT2D eigenvalue weighted by molar-refractivity contribution is -0.137. The lowest BCUT2D eigenvalue weighted by Crippen LogP contribution is -2.47. The molecule has 0 bridgehead atoms. The molecule has 196 valence electrons. The van der Waals surface area contributed by atoms with E-state index >= 15 is 0 Å². The predicted molar refractivity (Wildman–Crippen MR) is 155 cm³/mol. The van der Waals surface area contributed by atoms with Gasteiger partial charge in [0.1, 0.15) is 0 Å². The van der Waals surface area contributed by atoms with Crippen molar-refractivity contribution in [2.24, 2.45) is 5.92 Å². The van der Waals surface area contributed by atoms with E-state index in [2.05, 4.69) is 70.9 Å². The van der Waals surface area contributed by atoms with Gasteiger partial charge in [0.25, 0.3) is 0 Å². The van der Waals surface area contributed by atoms with E-state index < -0.39 is 0 Å². The van der Waals surface area contributed by atoms with Gasteiger partial charge >= 0.3 is 0 Å². The van der Waals surface area contributed by atoms with E-state index in [0.717, 1.165) is 35.1 Å². The summed E-state index contributed by atoms with van der Waals surface area (Å²) in [5.41, 5.74) is 6.64. The molecule has 2 saturated heterocycles. The molecule has 7 rings (SSSR count). The first-order valence-electron chi connectivity index (χ1n) is 13.8. The number of rotatable bonds is 4. The Balaban J connectivity index is 1.18. The molecule has 6 heteroatoms. The molecule has 0 spiro atoms. The van der Waals surface area contributed by atoms with Gasteiger partial charge in [-0.2, -0.15) is 0 Å². The van der Waals surface area contributed by atoms with Gasteiger partial charge in [-0.15, -0.1) is 0 Å². The molecule has 1 atom stereocenters. The second-order valence-electron chi connectivity index (χ2n) is 11.1. The van der Waals surface area contributed by atoms with E-state index in [0.29, 0.717) is 19.6 Å². The Labute approximate surface area is 227 Å². The summed E-state index contributed by atoms with van der Waals surface area (Å²) in [6.45, 7) is 3.80. The van der Waals surface area contributed by atoms with Crippen molar-refractivity contribution in [1.29, 1.82) is 0 Å². The summed E-state index contributed by atoms with van der Waals surface area (Å²) in [6.07, 6.45) is 6.26. The zero-order valence-corrected chi connectivity index (χ0v) is 22.1. The van der Waals surface area contributed by atoms with Gasteiger partial charge in [0, 0.05) is 71.4 Å². The highest BCUT2D eigenvalue weighted by molar-refractivity contribution is 6.00. The molecule has 0 radical (unpaired) electrons. The van der Waals surface area contributed by atoms with Gasteiger partial charge in [-0.3, -0.25) is 9.59 Å². The fourth-order valence-corrected chi connectivity index (χ4v) is 6.83. The summed E-state index contributed by atoms with van der Waals surface area (Å²) >= 11 is 0. The summed E-state index contributed by atoms with van der Waals surface area (Å²) < 4.78 is 0. The number of carbonyl (C=O) groups excluding carboxylic acids is 2. The summed E-state index contributed by atoms with van der Waals surface area (Å²) in [4.78, 5) is 37.3. The number of piperidine rings is 1. The van der Waals surface area contributed by atoms with Crippen molar-refractivity contribution >= 4 is 39.3 Å². The highest BCUT2D eigenvalue weighted by Crippen LogP contribution is 2.47. The molecule has 0 saturated carbocycles. The number of aromatic nitrogens is 2. The average Bonchev–Trinajstić information content (AvgIpc) is 3.70. The fourth-order valence-electron chi connectivity index (χ4n) is 6.83. The molecule has 2 aliphatic rings. The number of aromatic amines is 2. The first-order chi connectivity index (χ1) is 19.0. The minimum Gasteiger partial charge on any atom is -0.361 e. The van der Waals surface area contributed by atoms with Crippen LogP contribution in [0.15, 0.2) is 85.2 Å². The number of H-pyrrole nitrogens is 2. The van der Waals surface area contributed by atoms with Gasteiger partial charge in [-0.05, 0) is 55.2 Å². The largest absolute Gasteiger partial charge is 0.361 e. The Morgan fingerprint density at radius 1 is 0.821 bits per heavy atom. The highest BCUT2D eigenvalue weighted by Gasteiger charge is 2.44. The molecule has 2 N–H and O–H groups in total. The van der Waals surface area contributed by atoms with E-state index in [4.69, 9.17) is 0 Å². The van der Waals surface area contributed by atoms with Crippen LogP contribution in [0.3, 0.4) is 0 Å². The van der Waals surface area contributed by atoms with Crippen molar-refractivity contribution in [2.45, 2.75) is 31.6 Å². The van der Waals surface area contributed by atoms with E-state index in [1.165, 1.54) is 21.9 Å². The number of aryl methyl sites for hydroxylation is 1. The number of benzene rings is 3. The van der Waals surface area contributed by atoms with Gasteiger partial charge in [0.05, 0.1) is 5.92 Å². The fraction of sp³-hybridized carbons (Fsp3) is 0.273. The Kier molecular flexibility index (Phi) is 5.58. The molecule has 0 aliphatic carbocycles. The number of fused-ring (bicyclic) bond motifs is 2. The maximum atomic E-state index is 13.7. The summed E-state index contributed by atoms with van der Waals surface area (Å²) in [6, 6.07) is 24.9. The van der Waals surface area contributed by atoms with Crippen molar-refractivity contribution in [3.05, 3.63) is 102 Å². The number of nitrogens with zero attached hydrogens (tertiary/aromatic N) is 2. The molecular formula is C33H32N4O2. The van der Waals surface area contributed by atoms with Crippen LogP contribution in [-0.2, 0) is 15.0 Å². The van der Waals surface area contributed by atoms with Crippen molar-refractivity contribution in [3.8, 4) is 0 Å². The summed E-state index contributed by atoms with van der Waals surface area (Å²) in [7, 11) is 0. The second-order valence-corrected chi connectivity index (χ2v) is 11.1. The van der Waals surface area contributed by atoms with Gasteiger partial charge in [-0.1, -0.05) is 54.1 Å². The number of hydrogen-bond acceptors (Lipinski definition) is 2. The standard InChI is InChI=1S/C33H32N4O2/c1-22-10-12-24(13-11-22)37-21-23(18-31(37)38)32(39)36-16-14-33(15-17-36,27-19-34-29-8-4-2-6-25(27)29)28-20-35-30-9-5-3-7-26(28)30/h2-13,19-20,23,34-35H,14-18,21H2,1H3. The van der Waals surface area contributed by atoms with E-state index in [9.17, 15) is 9.59 Å². The number of hydrogen-bond donors (Lipinski definition) is 2. The normalized spacial score (nSPS) is 19.3. The van der Waals surface area contributed by atoms with Gasteiger partial charge < -0.3 is 19.8 Å². The van der Waals surface area contributed by atoms with Crippen molar-refractivity contribution < 1.29 is 9.59 Å². The maximum absolute atomic E-state index is 13.7. The number of amides is 2. The summed E-state index contributed by atoms with van der Waals surface area (Å²) in [5.74, 6) is -0.168. The van der Waals surface area contributed by atoms with Crippen LogP contribution in [0.5, 0.6) is 0 Å². The van der Waals surface area contributed by atoms with Crippen LogP contribution in [0.2, 0.25) is 0 Å². The minimum atomic E-state index is -0.299. The SMILES string of the molecule is Cc1ccc(N2CC(C(=O)N3CCC(c4c[nH]c5ccccc45)(c4c[nH]c5ccccc45)CC3)CC2=O)cc1. The molecule has 4 heterocycles. The number of carbonyl (C=O) groups is 2. The molecule has 39 heavy (non-hydrogen) atoms. The third-order valence-corrected chi connectivity index (χ3v) is 8.96. The van der Waals surface area contributed by atoms with Crippen LogP contribution in [-0.4, -0.2) is 46.3 Å². The number of likely N-dealkylation sites (tertiary alicyclic amines) is 1. The third-order valence-electron chi connectivity index (χ3n) is 8.96. The molecule has 3 aromatic carbocycles. The minimum absolute atomic E-state index is 0.0288. The Morgan fingerprint density at radius 3 is 1.97 bits per heavy atom. The molecular weight excluding hydrogens is 484 g/mol. The Bertz CT molecular complexity index is 1610. The molecule has 2 aromatic heterocycles. The topological polar surface area (TPSA) is 72.2 Å². The van der Waals surface area contributed by atoms with E-state index in [1.54, 1.807) is 4.90 Å². The lowest BCUT2D eigenvalue weighted by Gasteiger charge is -2.43. The lowest BCUT2D eigenvalue weighted by atomic mass is 9.67. The highest BCUT2D eigenvalue weighted by atomic mass is 16.2. The second kappa shape index (κ2) is 9.16. The monoisotopic (exact) mass is 516 g/mol. The molecule has 2 aliphatic heterocycles. The molecule has 5 aromatic rings. The van der Waals surface area contributed by atoms with Crippen LogP contribution in [0.1, 0.15) is 36.0 Å². The van der Waals surface area contributed by atoms with Gasteiger partial charge in [0.15, 0.2) is 0 Å². The molecule has 6 nitrogen and oxygen atoms in total. The van der Waals surface area contributed by atoms with Crippen LogP contribution < -0.4 is 4.90 Å². The van der Waals surface area contributed by atoms with Crippen LogP contribution in [0.25, 0.3) is 21.8 Å².